The Morgan fingerprint density at radius 2 is 2.10 bits per heavy atom. The lowest BCUT2D eigenvalue weighted by atomic mass is 10.4. The molecular weight excluding hydrogens is 308 g/mol. The Morgan fingerprint density at radius 3 is 2.80 bits per heavy atom. The van der Waals surface area contributed by atoms with Gasteiger partial charge in [-0.2, -0.15) is 0 Å². The van der Waals surface area contributed by atoms with Crippen LogP contribution in [0, 0.1) is 13.8 Å². The maximum absolute atomic E-state index is 4.62. The van der Waals surface area contributed by atoms with Crippen LogP contribution in [0.25, 0.3) is 10.2 Å². The number of fused-ring (bicyclic) bond motifs is 1. The molecule has 0 aliphatic carbocycles. The fraction of sp³-hybridized carbons (Fsp3) is 0.308. The average Bonchev–Trinajstić information content (AvgIpc) is 2.95. The van der Waals surface area contributed by atoms with Gasteiger partial charge in [-0.3, -0.25) is 0 Å². The first-order valence-corrected chi connectivity index (χ1v) is 8.79. The van der Waals surface area contributed by atoms with Crippen LogP contribution in [0.1, 0.15) is 17.5 Å². The van der Waals surface area contributed by atoms with Crippen LogP contribution in [-0.4, -0.2) is 21.5 Å². The van der Waals surface area contributed by atoms with E-state index in [1.165, 1.54) is 4.88 Å². The molecule has 0 aliphatic rings. The Kier molecular flexibility index (Phi) is 3.91. The van der Waals surface area contributed by atoms with Crippen molar-refractivity contribution in [3.63, 3.8) is 0 Å². The minimum atomic E-state index is 0.692. The van der Waals surface area contributed by atoms with Crippen LogP contribution >= 0.6 is 34.4 Å². The second-order valence-electron chi connectivity index (χ2n) is 4.32. The van der Waals surface area contributed by atoms with E-state index in [0.29, 0.717) is 5.95 Å². The minimum Gasteiger partial charge on any atom is -0.354 e. The van der Waals surface area contributed by atoms with Crippen LogP contribution in [0.5, 0.6) is 0 Å². The van der Waals surface area contributed by atoms with Crippen molar-refractivity contribution in [3.05, 3.63) is 22.0 Å². The molecule has 0 aliphatic heterocycles. The maximum atomic E-state index is 4.62. The Hall–Kier alpha value is -1.18. The molecule has 3 heterocycles. The fourth-order valence-electron chi connectivity index (χ4n) is 1.79. The van der Waals surface area contributed by atoms with Crippen LogP contribution in [0.2, 0.25) is 0 Å². The summed E-state index contributed by atoms with van der Waals surface area (Å²) < 4.78 is 1.02. The zero-order valence-corrected chi connectivity index (χ0v) is 13.9. The average molecular weight is 322 g/mol. The van der Waals surface area contributed by atoms with Crippen molar-refractivity contribution in [1.82, 2.24) is 15.0 Å². The molecule has 0 fully saturated rings. The summed E-state index contributed by atoms with van der Waals surface area (Å²) in [5.41, 5.74) is 1.05. The second kappa shape index (κ2) is 5.67. The summed E-state index contributed by atoms with van der Waals surface area (Å²) in [6.45, 7) is 6.97. The van der Waals surface area contributed by atoms with Gasteiger partial charge in [0.05, 0.1) is 0 Å². The molecule has 104 valence electrons. The first-order valence-electron chi connectivity index (χ1n) is 6.27. The number of hydrogen-bond donors (Lipinski definition) is 1. The highest BCUT2D eigenvalue weighted by Crippen LogP contribution is 2.36. The molecule has 0 unspecified atom stereocenters. The van der Waals surface area contributed by atoms with Gasteiger partial charge in [0, 0.05) is 27.9 Å². The Bertz CT molecular complexity index is 747. The van der Waals surface area contributed by atoms with Crippen molar-refractivity contribution < 1.29 is 0 Å². The maximum Gasteiger partial charge on any atom is 0.225 e. The van der Waals surface area contributed by atoms with E-state index in [0.717, 1.165) is 31.8 Å². The van der Waals surface area contributed by atoms with Crippen LogP contribution in [0.15, 0.2) is 20.8 Å². The van der Waals surface area contributed by atoms with Crippen molar-refractivity contribution in [2.24, 2.45) is 0 Å². The van der Waals surface area contributed by atoms with E-state index in [4.69, 9.17) is 0 Å². The molecule has 3 aromatic rings. The summed E-state index contributed by atoms with van der Waals surface area (Å²) in [6, 6.07) is 2.15. The van der Waals surface area contributed by atoms with E-state index in [1.54, 1.807) is 34.4 Å². The van der Waals surface area contributed by atoms with Gasteiger partial charge in [-0.15, -0.1) is 22.7 Å². The SMILES string of the molecule is CCNc1nc(Sc2nc(C)cs2)c2cc(C)sc2n1. The molecule has 0 atom stereocenters. The lowest BCUT2D eigenvalue weighted by Gasteiger charge is -2.04. The van der Waals surface area contributed by atoms with Crippen LogP contribution in [0.3, 0.4) is 0 Å². The van der Waals surface area contributed by atoms with E-state index in [-0.39, 0.29) is 0 Å². The van der Waals surface area contributed by atoms with Crippen molar-refractivity contribution in [2.45, 2.75) is 30.1 Å². The van der Waals surface area contributed by atoms with E-state index < -0.39 is 0 Å². The van der Waals surface area contributed by atoms with Gasteiger partial charge < -0.3 is 5.32 Å². The van der Waals surface area contributed by atoms with E-state index in [9.17, 15) is 0 Å². The Morgan fingerprint density at radius 1 is 1.25 bits per heavy atom. The van der Waals surface area contributed by atoms with E-state index in [2.05, 4.69) is 38.6 Å². The molecule has 20 heavy (non-hydrogen) atoms. The zero-order valence-electron chi connectivity index (χ0n) is 11.4. The molecule has 0 radical (unpaired) electrons. The number of rotatable bonds is 4. The van der Waals surface area contributed by atoms with E-state index in [1.807, 2.05) is 13.8 Å². The molecule has 0 saturated carbocycles. The van der Waals surface area contributed by atoms with Gasteiger partial charge in [-0.25, -0.2) is 15.0 Å². The summed E-state index contributed by atoms with van der Waals surface area (Å²) in [6.07, 6.45) is 0. The third-order valence-corrected chi connectivity index (χ3v) is 5.60. The topological polar surface area (TPSA) is 50.7 Å². The van der Waals surface area contributed by atoms with Gasteiger partial charge in [-0.05, 0) is 38.6 Å². The quantitative estimate of drug-likeness (QED) is 0.724. The largest absolute Gasteiger partial charge is 0.354 e. The van der Waals surface area contributed by atoms with Crippen molar-refractivity contribution in [2.75, 3.05) is 11.9 Å². The molecule has 4 nitrogen and oxygen atoms in total. The summed E-state index contributed by atoms with van der Waals surface area (Å²) in [5, 5.41) is 7.35. The first kappa shape index (κ1) is 13.8. The molecule has 0 aromatic carbocycles. The number of aromatic nitrogens is 3. The monoisotopic (exact) mass is 322 g/mol. The summed E-state index contributed by atoms with van der Waals surface area (Å²) in [7, 11) is 0. The zero-order chi connectivity index (χ0) is 14.1. The van der Waals surface area contributed by atoms with Gasteiger partial charge >= 0.3 is 0 Å². The molecular formula is C13H14N4S3. The number of nitrogens with zero attached hydrogens (tertiary/aromatic N) is 3. The number of nitrogens with one attached hydrogen (secondary N) is 1. The number of hydrogen-bond acceptors (Lipinski definition) is 7. The van der Waals surface area contributed by atoms with Crippen LogP contribution in [-0.2, 0) is 0 Å². The van der Waals surface area contributed by atoms with Gasteiger partial charge in [-0.1, -0.05) is 0 Å². The summed E-state index contributed by atoms with van der Waals surface area (Å²) in [4.78, 5) is 16.0. The number of anilines is 1. The molecule has 0 spiro atoms. The predicted molar refractivity (Wildman–Crippen MR) is 87.3 cm³/mol. The first-order chi connectivity index (χ1) is 9.65. The lowest BCUT2D eigenvalue weighted by molar-refractivity contribution is 1.05. The third kappa shape index (κ3) is 2.79. The smallest absolute Gasteiger partial charge is 0.225 e. The Balaban J connectivity index is 2.06. The summed E-state index contributed by atoms with van der Waals surface area (Å²) in [5.74, 6) is 0.692. The summed E-state index contributed by atoms with van der Waals surface area (Å²) >= 11 is 4.97. The predicted octanol–water partition coefficient (Wildman–Crippen LogP) is 4.35. The van der Waals surface area contributed by atoms with Crippen molar-refractivity contribution >= 4 is 50.6 Å². The van der Waals surface area contributed by atoms with E-state index >= 15 is 0 Å². The molecule has 3 rings (SSSR count). The highest BCUT2D eigenvalue weighted by molar-refractivity contribution is 8.01. The van der Waals surface area contributed by atoms with Gasteiger partial charge in [0.25, 0.3) is 0 Å². The van der Waals surface area contributed by atoms with Gasteiger partial charge in [0.15, 0.2) is 4.34 Å². The standard InChI is InChI=1S/C13H14N4S3/c1-4-14-12-16-10-9(5-8(3)19-10)11(17-12)20-13-15-7(2)6-18-13/h5-6H,4H2,1-3H3,(H,14,16,17). The lowest BCUT2D eigenvalue weighted by Crippen LogP contribution is -2.02. The van der Waals surface area contributed by atoms with Gasteiger partial charge in [0.1, 0.15) is 9.86 Å². The van der Waals surface area contributed by atoms with Crippen molar-refractivity contribution in [3.8, 4) is 0 Å². The minimum absolute atomic E-state index is 0.692. The normalized spacial score (nSPS) is 11.2. The van der Waals surface area contributed by atoms with Crippen LogP contribution in [0.4, 0.5) is 5.95 Å². The molecule has 3 aromatic heterocycles. The highest BCUT2D eigenvalue weighted by Gasteiger charge is 2.13. The number of aryl methyl sites for hydroxylation is 2. The number of thiazole rings is 1. The molecule has 0 bridgehead atoms. The fourth-order valence-corrected chi connectivity index (χ4v) is 4.58. The molecule has 0 saturated heterocycles. The Labute approximate surface area is 129 Å². The second-order valence-corrected chi connectivity index (χ2v) is 7.64. The molecule has 1 N–H and O–H groups in total. The van der Waals surface area contributed by atoms with Gasteiger partial charge in [0.2, 0.25) is 5.95 Å². The van der Waals surface area contributed by atoms with Crippen molar-refractivity contribution in [1.29, 1.82) is 0 Å². The highest BCUT2D eigenvalue weighted by atomic mass is 32.2. The third-order valence-electron chi connectivity index (χ3n) is 2.60. The number of thiophene rings is 1. The molecule has 7 heteroatoms. The molecule has 0 amide bonds. The van der Waals surface area contributed by atoms with Crippen LogP contribution < -0.4 is 5.32 Å².